The van der Waals surface area contributed by atoms with Gasteiger partial charge in [0.25, 0.3) is 5.91 Å². The molecule has 1 saturated heterocycles. The summed E-state index contributed by atoms with van der Waals surface area (Å²) in [4.78, 5) is 38.8. The van der Waals surface area contributed by atoms with Crippen molar-refractivity contribution in [3.63, 3.8) is 0 Å². The van der Waals surface area contributed by atoms with Crippen molar-refractivity contribution in [3.8, 4) is 0 Å². The minimum atomic E-state index is -0.670. The number of nitrogens with zero attached hydrogens (tertiary/aromatic N) is 1. The number of halogens is 1. The third kappa shape index (κ3) is 4.01. The smallest absolute Gasteiger partial charge is 0.349 e. The number of ether oxygens (including phenoxy) is 2. The largest absolute Gasteiger partial charge is 0.464 e. The van der Waals surface area contributed by atoms with Gasteiger partial charge in [-0.25, -0.2) is 14.0 Å². The van der Waals surface area contributed by atoms with Crippen LogP contribution in [0.25, 0.3) is 10.1 Å². The van der Waals surface area contributed by atoms with Crippen molar-refractivity contribution < 1.29 is 28.2 Å². The number of fused-ring (bicyclic) bond motifs is 1. The lowest BCUT2D eigenvalue weighted by Crippen LogP contribution is -2.50. The Morgan fingerprint density at radius 3 is 2.75 bits per heavy atom. The van der Waals surface area contributed by atoms with E-state index in [2.05, 4.69) is 0 Å². The molecular formula is C20H22FNO5S. The van der Waals surface area contributed by atoms with Crippen LogP contribution >= 0.6 is 11.3 Å². The summed E-state index contributed by atoms with van der Waals surface area (Å²) in [6, 6.07) is 4.01. The molecule has 0 saturated carbocycles. The second-order valence-electron chi connectivity index (χ2n) is 6.60. The van der Waals surface area contributed by atoms with Crippen LogP contribution in [0, 0.1) is 12.7 Å². The van der Waals surface area contributed by atoms with Gasteiger partial charge in [0.1, 0.15) is 16.7 Å². The number of aryl methyl sites for hydroxylation is 1. The van der Waals surface area contributed by atoms with Crippen LogP contribution in [-0.4, -0.2) is 48.5 Å². The van der Waals surface area contributed by atoms with Crippen molar-refractivity contribution in [1.82, 2.24) is 4.90 Å². The molecule has 6 nitrogen and oxygen atoms in total. The summed E-state index contributed by atoms with van der Waals surface area (Å²) >= 11 is 1.13. The molecule has 1 aliphatic heterocycles. The molecule has 1 aromatic heterocycles. The molecule has 0 N–H and O–H groups in total. The van der Waals surface area contributed by atoms with Crippen LogP contribution in [0.3, 0.4) is 0 Å². The average Bonchev–Trinajstić information content (AvgIpc) is 3.04. The lowest BCUT2D eigenvalue weighted by Gasteiger charge is -2.33. The number of piperidine rings is 1. The molecule has 1 aliphatic rings. The summed E-state index contributed by atoms with van der Waals surface area (Å²) in [6.07, 6.45) is 2.15. The highest BCUT2D eigenvalue weighted by molar-refractivity contribution is 7.21. The van der Waals surface area contributed by atoms with Gasteiger partial charge in [-0.1, -0.05) is 6.07 Å². The fraction of sp³-hybridized carbons (Fsp3) is 0.450. The fourth-order valence-electron chi connectivity index (χ4n) is 3.44. The van der Waals surface area contributed by atoms with Crippen LogP contribution in [0.4, 0.5) is 4.39 Å². The first-order valence-corrected chi connectivity index (χ1v) is 10.1. The summed E-state index contributed by atoms with van der Waals surface area (Å²) in [5, 5.41) is 0.393. The summed E-state index contributed by atoms with van der Waals surface area (Å²) in [5.74, 6) is -1.93. The highest BCUT2D eigenvalue weighted by Gasteiger charge is 2.33. The maximum atomic E-state index is 14.0. The number of hydrogen-bond donors (Lipinski definition) is 0. The van der Waals surface area contributed by atoms with E-state index in [1.54, 1.807) is 26.0 Å². The van der Waals surface area contributed by atoms with E-state index in [0.717, 1.165) is 24.2 Å². The van der Waals surface area contributed by atoms with Gasteiger partial charge in [-0.15, -0.1) is 11.3 Å². The number of thiophene rings is 1. The van der Waals surface area contributed by atoms with E-state index in [0.29, 0.717) is 28.6 Å². The number of carbonyl (C=O) groups excluding carboxylic acids is 3. The van der Waals surface area contributed by atoms with Gasteiger partial charge in [-0.3, -0.25) is 4.79 Å². The molecule has 1 fully saturated rings. The molecular weight excluding hydrogens is 385 g/mol. The average molecular weight is 407 g/mol. The Hall–Kier alpha value is -2.48. The van der Waals surface area contributed by atoms with Crippen molar-refractivity contribution in [2.75, 3.05) is 19.8 Å². The van der Waals surface area contributed by atoms with Crippen LogP contribution in [0.2, 0.25) is 0 Å². The van der Waals surface area contributed by atoms with Gasteiger partial charge in [0, 0.05) is 16.6 Å². The van der Waals surface area contributed by atoms with Gasteiger partial charge >= 0.3 is 11.9 Å². The van der Waals surface area contributed by atoms with E-state index in [-0.39, 0.29) is 11.5 Å². The zero-order valence-electron chi connectivity index (χ0n) is 15.8. The SMILES string of the molecule is CCOC(=O)C1CCCCN1C(=O)COC(=O)c1sc2cccc(F)c2c1C. The third-order valence-corrected chi connectivity index (χ3v) is 6.03. The molecule has 150 valence electrons. The summed E-state index contributed by atoms with van der Waals surface area (Å²) < 4.78 is 24.9. The topological polar surface area (TPSA) is 72.9 Å². The second-order valence-corrected chi connectivity index (χ2v) is 7.65. The Kier molecular flexibility index (Phi) is 6.28. The zero-order valence-corrected chi connectivity index (χ0v) is 16.6. The zero-order chi connectivity index (χ0) is 20.3. The number of rotatable bonds is 5. The van der Waals surface area contributed by atoms with Crippen molar-refractivity contribution in [2.24, 2.45) is 0 Å². The van der Waals surface area contributed by atoms with E-state index < -0.39 is 36.3 Å². The normalized spacial score (nSPS) is 16.8. The maximum absolute atomic E-state index is 14.0. The third-order valence-electron chi connectivity index (χ3n) is 4.80. The molecule has 1 amide bonds. The van der Waals surface area contributed by atoms with E-state index in [1.807, 2.05) is 0 Å². The Labute approximate surface area is 166 Å². The quantitative estimate of drug-likeness (QED) is 0.710. The fourth-order valence-corrected chi connectivity index (χ4v) is 4.55. The molecule has 0 radical (unpaired) electrons. The monoisotopic (exact) mass is 407 g/mol. The second kappa shape index (κ2) is 8.68. The van der Waals surface area contributed by atoms with Crippen molar-refractivity contribution in [2.45, 2.75) is 39.2 Å². The minimum Gasteiger partial charge on any atom is -0.464 e. The van der Waals surface area contributed by atoms with Crippen LogP contribution in [0.15, 0.2) is 18.2 Å². The number of carbonyl (C=O) groups is 3. The van der Waals surface area contributed by atoms with Crippen LogP contribution in [0.5, 0.6) is 0 Å². The number of benzene rings is 1. The highest BCUT2D eigenvalue weighted by Crippen LogP contribution is 2.33. The molecule has 0 bridgehead atoms. The summed E-state index contributed by atoms with van der Waals surface area (Å²) in [7, 11) is 0. The van der Waals surface area contributed by atoms with Crippen molar-refractivity contribution >= 4 is 39.3 Å². The molecule has 1 atom stereocenters. The van der Waals surface area contributed by atoms with E-state index >= 15 is 0 Å². The lowest BCUT2D eigenvalue weighted by atomic mass is 10.0. The number of hydrogen-bond acceptors (Lipinski definition) is 6. The van der Waals surface area contributed by atoms with Crippen LogP contribution in [-0.2, 0) is 19.1 Å². The van der Waals surface area contributed by atoms with Gasteiger partial charge in [-0.05, 0) is 50.8 Å². The first-order valence-electron chi connectivity index (χ1n) is 9.24. The van der Waals surface area contributed by atoms with Gasteiger partial charge < -0.3 is 14.4 Å². The molecule has 3 rings (SSSR count). The molecule has 2 heterocycles. The Balaban J connectivity index is 1.68. The van der Waals surface area contributed by atoms with Gasteiger partial charge in [0.2, 0.25) is 0 Å². The van der Waals surface area contributed by atoms with Gasteiger partial charge in [0.15, 0.2) is 6.61 Å². The van der Waals surface area contributed by atoms with Gasteiger partial charge in [0.05, 0.1) is 6.61 Å². The van der Waals surface area contributed by atoms with Crippen molar-refractivity contribution in [1.29, 1.82) is 0 Å². The molecule has 0 spiro atoms. The minimum absolute atomic E-state index is 0.244. The maximum Gasteiger partial charge on any atom is 0.349 e. The highest BCUT2D eigenvalue weighted by atomic mass is 32.1. The van der Waals surface area contributed by atoms with E-state index in [4.69, 9.17) is 9.47 Å². The predicted octanol–water partition coefficient (Wildman–Crippen LogP) is 3.45. The number of esters is 2. The Morgan fingerprint density at radius 2 is 2.04 bits per heavy atom. The Morgan fingerprint density at radius 1 is 1.25 bits per heavy atom. The summed E-state index contributed by atoms with van der Waals surface area (Å²) in [5.41, 5.74) is 0.498. The molecule has 1 unspecified atom stereocenters. The molecule has 2 aromatic rings. The predicted molar refractivity (Wildman–Crippen MR) is 103 cm³/mol. The lowest BCUT2D eigenvalue weighted by molar-refractivity contribution is -0.157. The first-order chi connectivity index (χ1) is 13.4. The molecule has 28 heavy (non-hydrogen) atoms. The molecule has 8 heteroatoms. The van der Waals surface area contributed by atoms with E-state index in [9.17, 15) is 18.8 Å². The Bertz CT molecular complexity index is 909. The summed E-state index contributed by atoms with van der Waals surface area (Å²) in [6.45, 7) is 3.57. The molecule has 0 aliphatic carbocycles. The van der Waals surface area contributed by atoms with Gasteiger partial charge in [-0.2, -0.15) is 0 Å². The standard InChI is InChI=1S/C20H22FNO5S/c1-3-26-19(24)14-8-4-5-10-22(14)16(23)11-27-20(25)18-12(2)17-13(21)7-6-9-15(17)28-18/h6-7,9,14H,3-5,8,10-11H2,1-2H3. The van der Waals surface area contributed by atoms with Crippen molar-refractivity contribution in [3.05, 3.63) is 34.5 Å². The first kappa shape index (κ1) is 20.3. The number of amides is 1. The van der Waals surface area contributed by atoms with Crippen LogP contribution < -0.4 is 0 Å². The van der Waals surface area contributed by atoms with E-state index in [1.165, 1.54) is 11.0 Å². The molecule has 1 aromatic carbocycles. The number of likely N-dealkylation sites (tertiary alicyclic amines) is 1. The van der Waals surface area contributed by atoms with Crippen LogP contribution in [0.1, 0.15) is 41.4 Å².